The third kappa shape index (κ3) is 4.48. The van der Waals surface area contributed by atoms with Crippen LogP contribution in [0, 0.1) is 0 Å². The maximum atomic E-state index is 12.5. The summed E-state index contributed by atoms with van der Waals surface area (Å²) in [5.74, 6) is -0.00703. The van der Waals surface area contributed by atoms with Crippen molar-refractivity contribution in [2.24, 2.45) is 0 Å². The Labute approximate surface area is 146 Å². The van der Waals surface area contributed by atoms with Gasteiger partial charge in [-0.15, -0.1) is 0 Å². The lowest BCUT2D eigenvalue weighted by molar-refractivity contribution is -0.00657. The number of ether oxygens (including phenoxy) is 1. The second-order valence-corrected chi connectivity index (χ2v) is 6.88. The minimum Gasteiger partial charge on any atom is -0.381 e. The summed E-state index contributed by atoms with van der Waals surface area (Å²) in [6.45, 7) is 5.34. The molecule has 24 heavy (non-hydrogen) atoms. The lowest BCUT2D eigenvalue weighted by Crippen LogP contribution is -2.55. The van der Waals surface area contributed by atoms with E-state index in [9.17, 15) is 4.79 Å². The van der Waals surface area contributed by atoms with Crippen LogP contribution in [0.4, 0.5) is 5.69 Å². The van der Waals surface area contributed by atoms with Crippen LogP contribution in [0.3, 0.4) is 0 Å². The summed E-state index contributed by atoms with van der Waals surface area (Å²) in [5, 5.41) is 3.11. The SMILES string of the molecule is CCCN(C)c1ccc(C(=O)NCC2(N(C)C)CCOCC2)cc1. The summed E-state index contributed by atoms with van der Waals surface area (Å²) >= 11 is 0. The van der Waals surface area contributed by atoms with Crippen molar-refractivity contribution in [2.45, 2.75) is 31.7 Å². The van der Waals surface area contributed by atoms with Gasteiger partial charge in [0.05, 0.1) is 0 Å². The van der Waals surface area contributed by atoms with E-state index < -0.39 is 0 Å². The van der Waals surface area contributed by atoms with Crippen molar-refractivity contribution >= 4 is 11.6 Å². The Morgan fingerprint density at radius 1 is 1.17 bits per heavy atom. The van der Waals surface area contributed by atoms with Crippen LogP contribution in [0.1, 0.15) is 36.5 Å². The Morgan fingerprint density at radius 2 is 1.79 bits per heavy atom. The minimum absolute atomic E-state index is 0.00477. The zero-order valence-electron chi connectivity index (χ0n) is 15.5. The molecular weight excluding hydrogens is 302 g/mol. The fraction of sp³-hybridized carbons (Fsp3) is 0.632. The minimum atomic E-state index is -0.00703. The Morgan fingerprint density at radius 3 is 2.33 bits per heavy atom. The monoisotopic (exact) mass is 333 g/mol. The lowest BCUT2D eigenvalue weighted by atomic mass is 9.88. The number of benzene rings is 1. The molecule has 0 radical (unpaired) electrons. The molecule has 0 bridgehead atoms. The lowest BCUT2D eigenvalue weighted by Gasteiger charge is -2.42. The average molecular weight is 333 g/mol. The number of nitrogens with zero attached hydrogens (tertiary/aromatic N) is 2. The Bertz CT molecular complexity index is 522. The predicted octanol–water partition coefficient (Wildman–Crippen LogP) is 2.37. The highest BCUT2D eigenvalue weighted by Crippen LogP contribution is 2.25. The van der Waals surface area contributed by atoms with Gasteiger partial charge in [-0.2, -0.15) is 0 Å². The summed E-state index contributed by atoms with van der Waals surface area (Å²) in [6, 6.07) is 7.84. The van der Waals surface area contributed by atoms with E-state index in [1.807, 2.05) is 24.3 Å². The number of anilines is 1. The molecule has 0 aromatic heterocycles. The highest BCUT2D eigenvalue weighted by molar-refractivity contribution is 5.94. The van der Waals surface area contributed by atoms with Crippen LogP contribution in [-0.2, 0) is 4.74 Å². The molecule has 1 saturated heterocycles. The molecule has 0 unspecified atom stereocenters. The van der Waals surface area contributed by atoms with Crippen LogP contribution in [0.2, 0.25) is 0 Å². The summed E-state index contributed by atoms with van der Waals surface area (Å²) < 4.78 is 5.48. The standard InChI is InChI=1S/C19H31N3O2/c1-5-12-22(4)17-8-6-16(7-9-17)18(23)20-15-19(21(2)3)10-13-24-14-11-19/h6-9H,5,10-15H2,1-4H3,(H,20,23). The van der Waals surface area contributed by atoms with Gasteiger partial charge >= 0.3 is 0 Å². The van der Waals surface area contributed by atoms with Crippen molar-refractivity contribution < 1.29 is 9.53 Å². The van der Waals surface area contributed by atoms with E-state index in [4.69, 9.17) is 4.74 Å². The van der Waals surface area contributed by atoms with E-state index in [-0.39, 0.29) is 11.4 Å². The van der Waals surface area contributed by atoms with E-state index in [1.54, 1.807) is 0 Å². The van der Waals surface area contributed by atoms with Crippen molar-refractivity contribution in [3.8, 4) is 0 Å². The number of carbonyl (C=O) groups is 1. The first-order valence-corrected chi connectivity index (χ1v) is 8.83. The maximum Gasteiger partial charge on any atom is 0.251 e. The molecule has 1 fully saturated rings. The number of hydrogen-bond acceptors (Lipinski definition) is 4. The summed E-state index contributed by atoms with van der Waals surface area (Å²) in [6.07, 6.45) is 3.00. The predicted molar refractivity (Wildman–Crippen MR) is 98.8 cm³/mol. The maximum absolute atomic E-state index is 12.5. The summed E-state index contributed by atoms with van der Waals surface area (Å²) in [5.41, 5.74) is 1.85. The van der Waals surface area contributed by atoms with Crippen molar-refractivity contribution in [1.29, 1.82) is 0 Å². The van der Waals surface area contributed by atoms with Gasteiger partial charge in [0.15, 0.2) is 0 Å². The smallest absolute Gasteiger partial charge is 0.251 e. The Balaban J connectivity index is 1.96. The molecule has 1 aliphatic rings. The quantitative estimate of drug-likeness (QED) is 0.832. The normalized spacial score (nSPS) is 16.9. The third-order valence-corrected chi connectivity index (χ3v) is 5.08. The molecule has 1 aliphatic heterocycles. The summed E-state index contributed by atoms with van der Waals surface area (Å²) in [4.78, 5) is 16.9. The molecule has 5 heteroatoms. The second kappa shape index (κ2) is 8.49. The first kappa shape index (κ1) is 18.7. The molecule has 0 saturated carbocycles. The van der Waals surface area contributed by atoms with Crippen molar-refractivity contribution in [3.05, 3.63) is 29.8 Å². The molecule has 134 valence electrons. The molecule has 0 atom stereocenters. The second-order valence-electron chi connectivity index (χ2n) is 6.88. The molecule has 1 aromatic rings. The van der Waals surface area contributed by atoms with Gasteiger partial charge in [0, 0.05) is 50.1 Å². The van der Waals surface area contributed by atoms with Crippen LogP contribution in [0.25, 0.3) is 0 Å². The highest BCUT2D eigenvalue weighted by atomic mass is 16.5. The fourth-order valence-corrected chi connectivity index (χ4v) is 3.21. The first-order valence-electron chi connectivity index (χ1n) is 8.83. The highest BCUT2D eigenvalue weighted by Gasteiger charge is 2.35. The number of hydrogen-bond donors (Lipinski definition) is 1. The van der Waals surface area contributed by atoms with Crippen LogP contribution in [0.15, 0.2) is 24.3 Å². The van der Waals surface area contributed by atoms with E-state index in [2.05, 4.69) is 43.2 Å². The van der Waals surface area contributed by atoms with E-state index in [1.165, 1.54) is 0 Å². The van der Waals surface area contributed by atoms with Gasteiger partial charge in [0.1, 0.15) is 0 Å². The topological polar surface area (TPSA) is 44.8 Å². The van der Waals surface area contributed by atoms with Gasteiger partial charge in [-0.05, 0) is 57.6 Å². The number of amides is 1. The van der Waals surface area contributed by atoms with Crippen LogP contribution >= 0.6 is 0 Å². The number of carbonyl (C=O) groups excluding carboxylic acids is 1. The fourth-order valence-electron chi connectivity index (χ4n) is 3.21. The number of rotatable bonds is 7. The largest absolute Gasteiger partial charge is 0.381 e. The summed E-state index contributed by atoms with van der Waals surface area (Å²) in [7, 11) is 6.23. The zero-order valence-corrected chi connectivity index (χ0v) is 15.5. The molecule has 1 aromatic carbocycles. The van der Waals surface area contributed by atoms with Crippen molar-refractivity contribution in [1.82, 2.24) is 10.2 Å². The van der Waals surface area contributed by atoms with Gasteiger partial charge in [-0.25, -0.2) is 0 Å². The van der Waals surface area contributed by atoms with Crippen LogP contribution in [0.5, 0.6) is 0 Å². The van der Waals surface area contributed by atoms with Gasteiger partial charge in [-0.3, -0.25) is 4.79 Å². The number of nitrogens with one attached hydrogen (secondary N) is 1. The Hall–Kier alpha value is -1.59. The average Bonchev–Trinajstić information content (AvgIpc) is 2.60. The van der Waals surface area contributed by atoms with Gasteiger partial charge in [0.25, 0.3) is 5.91 Å². The van der Waals surface area contributed by atoms with Gasteiger partial charge < -0.3 is 19.9 Å². The third-order valence-electron chi connectivity index (χ3n) is 5.08. The molecule has 5 nitrogen and oxygen atoms in total. The molecule has 1 heterocycles. The molecule has 1 N–H and O–H groups in total. The molecular formula is C19H31N3O2. The van der Waals surface area contributed by atoms with Crippen LogP contribution in [-0.4, -0.2) is 63.8 Å². The van der Waals surface area contributed by atoms with Crippen LogP contribution < -0.4 is 10.2 Å². The van der Waals surface area contributed by atoms with E-state index in [0.717, 1.165) is 44.7 Å². The van der Waals surface area contributed by atoms with Gasteiger partial charge in [-0.1, -0.05) is 6.92 Å². The first-order chi connectivity index (χ1) is 11.5. The number of likely N-dealkylation sites (N-methyl/N-ethyl adjacent to an activating group) is 1. The Kier molecular flexibility index (Phi) is 6.63. The van der Waals surface area contributed by atoms with Crippen molar-refractivity contribution in [3.63, 3.8) is 0 Å². The van der Waals surface area contributed by atoms with E-state index >= 15 is 0 Å². The molecule has 2 rings (SSSR count). The zero-order chi connectivity index (χ0) is 17.6. The molecule has 0 aliphatic carbocycles. The molecule has 0 spiro atoms. The van der Waals surface area contributed by atoms with Gasteiger partial charge in [0.2, 0.25) is 0 Å². The molecule has 1 amide bonds. The van der Waals surface area contributed by atoms with Crippen molar-refractivity contribution in [2.75, 3.05) is 52.3 Å². The van der Waals surface area contributed by atoms with E-state index in [0.29, 0.717) is 12.1 Å².